The molecule has 1 saturated carbocycles. The Labute approximate surface area is 179 Å². The van der Waals surface area contributed by atoms with Crippen molar-refractivity contribution >= 4 is 6.29 Å². The van der Waals surface area contributed by atoms with Gasteiger partial charge in [-0.2, -0.15) is 0 Å². The van der Waals surface area contributed by atoms with E-state index in [1.165, 1.54) is 50.5 Å². The van der Waals surface area contributed by atoms with Crippen molar-refractivity contribution < 1.29 is 14.3 Å². The number of aryl methyl sites for hydroxylation is 1. The molecule has 0 N–H and O–H groups in total. The number of rotatable bonds is 10. The highest BCUT2D eigenvalue weighted by molar-refractivity contribution is 5.77. The number of carbonyl (C=O) groups is 1. The standard InChI is InChI=1S/C18H26O.C6H14O2.C2H4/c1-2-15(16-8-4-3-5-9-16)12-13-17-10-6-7-11-18(17)14-19;1-4-7-6(3)8-5-2;1-2/h6-7,10-11,14-16H,2-5,8-9,12-13H2,1H3;6H,4-5H2,1-3H3;1-2H2. The van der Waals surface area contributed by atoms with E-state index in [2.05, 4.69) is 26.1 Å². The Hall–Kier alpha value is -1.45. The van der Waals surface area contributed by atoms with Crippen molar-refractivity contribution in [1.29, 1.82) is 0 Å². The van der Waals surface area contributed by atoms with Gasteiger partial charge in [0.1, 0.15) is 6.29 Å². The number of carbonyl (C=O) groups excluding carboxylic acids is 1. The largest absolute Gasteiger partial charge is 0.353 e. The fourth-order valence-corrected chi connectivity index (χ4v) is 4.11. The minimum absolute atomic E-state index is 0.0370. The molecule has 1 aromatic carbocycles. The van der Waals surface area contributed by atoms with Crippen LogP contribution in [-0.4, -0.2) is 25.8 Å². The second-order valence-electron chi connectivity index (χ2n) is 7.40. The summed E-state index contributed by atoms with van der Waals surface area (Å²) in [6, 6.07) is 8.04. The first-order valence-corrected chi connectivity index (χ1v) is 11.4. The van der Waals surface area contributed by atoms with Crippen molar-refractivity contribution in [3.63, 3.8) is 0 Å². The van der Waals surface area contributed by atoms with Gasteiger partial charge < -0.3 is 9.47 Å². The molecular weight excluding hydrogens is 360 g/mol. The molecule has 1 aliphatic carbocycles. The monoisotopic (exact) mass is 404 g/mol. The topological polar surface area (TPSA) is 35.5 Å². The highest BCUT2D eigenvalue weighted by atomic mass is 16.7. The van der Waals surface area contributed by atoms with Gasteiger partial charge in [0, 0.05) is 18.8 Å². The van der Waals surface area contributed by atoms with Crippen molar-refractivity contribution in [1.82, 2.24) is 0 Å². The third kappa shape index (κ3) is 12.0. The fraction of sp³-hybridized carbons (Fsp3) is 0.654. The quantitative estimate of drug-likeness (QED) is 0.234. The van der Waals surface area contributed by atoms with Gasteiger partial charge in [-0.3, -0.25) is 4.79 Å². The van der Waals surface area contributed by atoms with Crippen LogP contribution in [0.2, 0.25) is 0 Å². The van der Waals surface area contributed by atoms with Gasteiger partial charge in [0.25, 0.3) is 0 Å². The molecule has 3 nitrogen and oxygen atoms in total. The zero-order valence-corrected chi connectivity index (χ0v) is 19.3. The zero-order chi connectivity index (χ0) is 21.9. The fourth-order valence-electron chi connectivity index (χ4n) is 4.11. The highest BCUT2D eigenvalue weighted by Crippen LogP contribution is 2.34. The summed E-state index contributed by atoms with van der Waals surface area (Å²) in [7, 11) is 0. The normalized spacial score (nSPS) is 14.9. The molecule has 0 bridgehead atoms. The lowest BCUT2D eigenvalue weighted by Crippen LogP contribution is -2.18. The van der Waals surface area contributed by atoms with Crippen LogP contribution in [0.5, 0.6) is 0 Å². The van der Waals surface area contributed by atoms with Gasteiger partial charge in [-0.15, -0.1) is 13.2 Å². The van der Waals surface area contributed by atoms with E-state index in [1.807, 2.05) is 39.0 Å². The molecule has 0 aliphatic heterocycles. The average molecular weight is 405 g/mol. The average Bonchev–Trinajstić information content (AvgIpc) is 2.77. The van der Waals surface area contributed by atoms with E-state index in [0.29, 0.717) is 0 Å². The van der Waals surface area contributed by atoms with E-state index >= 15 is 0 Å². The lowest BCUT2D eigenvalue weighted by Gasteiger charge is -2.29. The summed E-state index contributed by atoms with van der Waals surface area (Å²) in [5.74, 6) is 1.78. The van der Waals surface area contributed by atoms with Crippen LogP contribution in [-0.2, 0) is 15.9 Å². The lowest BCUT2D eigenvalue weighted by molar-refractivity contribution is -0.123. The van der Waals surface area contributed by atoms with E-state index in [-0.39, 0.29) is 6.29 Å². The molecular formula is C26H44O3. The summed E-state index contributed by atoms with van der Waals surface area (Å²) in [6.45, 7) is 15.6. The Morgan fingerprint density at radius 1 is 1.03 bits per heavy atom. The summed E-state index contributed by atoms with van der Waals surface area (Å²) < 4.78 is 10.1. The smallest absolute Gasteiger partial charge is 0.154 e. The Bertz CT molecular complexity index is 502. The minimum atomic E-state index is -0.0370. The van der Waals surface area contributed by atoms with Crippen LogP contribution in [0.4, 0.5) is 0 Å². The van der Waals surface area contributed by atoms with E-state index in [9.17, 15) is 4.79 Å². The number of hydrogen-bond acceptors (Lipinski definition) is 3. The Kier molecular flexibility index (Phi) is 17.6. The maximum Gasteiger partial charge on any atom is 0.154 e. The molecule has 29 heavy (non-hydrogen) atoms. The predicted octanol–water partition coefficient (Wildman–Crippen LogP) is 7.25. The van der Waals surface area contributed by atoms with E-state index in [1.54, 1.807) is 0 Å². The first-order valence-electron chi connectivity index (χ1n) is 11.4. The maximum absolute atomic E-state index is 11.0. The third-order valence-electron chi connectivity index (χ3n) is 5.61. The molecule has 1 aromatic rings. The molecule has 0 radical (unpaired) electrons. The molecule has 3 heteroatoms. The van der Waals surface area contributed by atoms with Gasteiger partial charge in [-0.1, -0.05) is 69.7 Å². The molecule has 1 atom stereocenters. The van der Waals surface area contributed by atoms with Crippen LogP contribution in [0.25, 0.3) is 0 Å². The lowest BCUT2D eigenvalue weighted by atomic mass is 9.76. The number of benzene rings is 1. The molecule has 0 saturated heterocycles. The van der Waals surface area contributed by atoms with E-state index in [0.717, 1.165) is 43.3 Å². The molecule has 0 amide bonds. The Balaban J connectivity index is 0.000000664. The highest BCUT2D eigenvalue weighted by Gasteiger charge is 2.22. The van der Waals surface area contributed by atoms with Crippen LogP contribution in [0.3, 0.4) is 0 Å². The summed E-state index contributed by atoms with van der Waals surface area (Å²) in [5.41, 5.74) is 2.10. The molecule has 0 spiro atoms. The molecule has 1 fully saturated rings. The van der Waals surface area contributed by atoms with Gasteiger partial charge in [0.2, 0.25) is 0 Å². The first kappa shape index (κ1) is 27.5. The molecule has 2 rings (SSSR count). The predicted molar refractivity (Wildman–Crippen MR) is 124 cm³/mol. The van der Waals surface area contributed by atoms with Crippen molar-refractivity contribution in [2.24, 2.45) is 11.8 Å². The van der Waals surface area contributed by atoms with Crippen molar-refractivity contribution in [2.45, 2.75) is 85.4 Å². The third-order valence-corrected chi connectivity index (χ3v) is 5.61. The van der Waals surface area contributed by atoms with Crippen LogP contribution < -0.4 is 0 Å². The van der Waals surface area contributed by atoms with E-state index < -0.39 is 0 Å². The van der Waals surface area contributed by atoms with Gasteiger partial charge >= 0.3 is 0 Å². The van der Waals surface area contributed by atoms with Crippen LogP contribution >= 0.6 is 0 Å². The SMILES string of the molecule is C=C.CCC(CCc1ccccc1C=O)C1CCCCC1.CCOC(C)OCC. The van der Waals surface area contributed by atoms with Crippen LogP contribution in [0, 0.1) is 11.8 Å². The van der Waals surface area contributed by atoms with Gasteiger partial charge in [0.15, 0.2) is 6.29 Å². The van der Waals surface area contributed by atoms with E-state index in [4.69, 9.17) is 9.47 Å². The molecule has 0 heterocycles. The number of aldehydes is 1. The van der Waals surface area contributed by atoms with Crippen molar-refractivity contribution in [3.05, 3.63) is 48.6 Å². The summed E-state index contributed by atoms with van der Waals surface area (Å²) in [6.07, 6.45) is 11.7. The Morgan fingerprint density at radius 2 is 1.62 bits per heavy atom. The summed E-state index contributed by atoms with van der Waals surface area (Å²) >= 11 is 0. The second kappa shape index (κ2) is 18.6. The van der Waals surface area contributed by atoms with Crippen molar-refractivity contribution in [3.8, 4) is 0 Å². The van der Waals surface area contributed by atoms with Crippen LogP contribution in [0.1, 0.15) is 88.6 Å². The zero-order valence-electron chi connectivity index (χ0n) is 19.3. The number of ether oxygens (including phenoxy) is 2. The van der Waals surface area contributed by atoms with Gasteiger partial charge in [-0.25, -0.2) is 0 Å². The summed E-state index contributed by atoms with van der Waals surface area (Å²) in [4.78, 5) is 11.0. The molecule has 1 aliphatic rings. The van der Waals surface area contributed by atoms with Crippen LogP contribution in [0.15, 0.2) is 37.4 Å². The molecule has 0 aromatic heterocycles. The number of hydrogen-bond donors (Lipinski definition) is 0. The first-order chi connectivity index (χ1) is 14.2. The maximum atomic E-state index is 11.0. The summed E-state index contributed by atoms with van der Waals surface area (Å²) in [5, 5.41) is 0. The molecule has 166 valence electrons. The second-order valence-corrected chi connectivity index (χ2v) is 7.40. The minimum Gasteiger partial charge on any atom is -0.353 e. The van der Waals surface area contributed by atoms with Crippen molar-refractivity contribution in [2.75, 3.05) is 13.2 Å². The Morgan fingerprint density at radius 3 is 2.14 bits per heavy atom. The molecule has 1 unspecified atom stereocenters. The van der Waals surface area contributed by atoms with Gasteiger partial charge in [-0.05, 0) is 51.0 Å². The van der Waals surface area contributed by atoms with Gasteiger partial charge in [0.05, 0.1) is 0 Å².